The molecule has 210 valence electrons. The molecule has 14 nitrogen and oxygen atoms in total. The van der Waals surface area contributed by atoms with Crippen molar-refractivity contribution in [3.8, 4) is 0 Å². The fourth-order valence-corrected chi connectivity index (χ4v) is 9.11. The standard InChI is InChI=1S/C19H25IN4O10P2S2/c20-16-15-12(25)9(31-16)5-29-35(27,37)33-14-10(6-30-36(28,38)34-15)32-19(13(14)26)24-4-8-2-1-3-21-17-11(8)18(24)23-7-22-17/h4,7,9-10,12-16,19,25-26H,1-3,5-6H2,(H,27,37)(H,28,38)(H,21,22,23)/t9?,10-,12-,13-,14-,15-,16-,19-,35?,36?/m1/s1. The number of ether oxygens (including phenoxy) is 2. The molecular formula is C19H25IN4O10P2S2. The number of nitrogens with one attached hydrogen (secondary N) is 1. The zero-order valence-electron chi connectivity index (χ0n) is 19.5. The molecule has 0 amide bonds. The van der Waals surface area contributed by atoms with E-state index in [4.69, 9.17) is 39.4 Å². The van der Waals surface area contributed by atoms with Gasteiger partial charge in [0.2, 0.25) is 0 Å². The largest absolute Gasteiger partial charge is 0.387 e. The van der Waals surface area contributed by atoms with E-state index < -0.39 is 60.5 Å². The van der Waals surface area contributed by atoms with Crippen LogP contribution >= 0.6 is 48.4 Å². The molecule has 6 heterocycles. The monoisotopic (exact) mass is 722 g/mol. The summed E-state index contributed by atoms with van der Waals surface area (Å²) in [5.74, 6) is 0.690. The van der Waals surface area contributed by atoms with Gasteiger partial charge < -0.3 is 39.0 Å². The predicted octanol–water partition coefficient (Wildman–Crippen LogP) is 1.64. The second-order valence-corrected chi connectivity index (χ2v) is 16.1. The normalized spacial score (nSPS) is 43.9. The van der Waals surface area contributed by atoms with Gasteiger partial charge in [0.05, 0.1) is 18.6 Å². The van der Waals surface area contributed by atoms with Crippen molar-refractivity contribution in [2.24, 2.45) is 0 Å². The van der Waals surface area contributed by atoms with Gasteiger partial charge in [0.15, 0.2) is 6.23 Å². The Morgan fingerprint density at radius 1 is 1.13 bits per heavy atom. The average molecular weight is 722 g/mol. The van der Waals surface area contributed by atoms with Gasteiger partial charge in [-0.25, -0.2) is 14.5 Å². The molecule has 38 heavy (non-hydrogen) atoms. The lowest BCUT2D eigenvalue weighted by molar-refractivity contribution is -0.0502. The Kier molecular flexibility index (Phi) is 7.92. The van der Waals surface area contributed by atoms with Crippen LogP contribution in [0.2, 0.25) is 0 Å². The van der Waals surface area contributed by atoms with Gasteiger partial charge in [-0.3, -0.25) is 13.6 Å². The van der Waals surface area contributed by atoms with E-state index in [1.54, 1.807) is 4.57 Å². The summed E-state index contributed by atoms with van der Waals surface area (Å²) in [5.41, 5.74) is 1.52. The number of aryl methyl sites for hydroxylation is 1. The van der Waals surface area contributed by atoms with Gasteiger partial charge >= 0.3 is 13.5 Å². The summed E-state index contributed by atoms with van der Waals surface area (Å²) >= 11 is 11.1. The first kappa shape index (κ1) is 28.2. The van der Waals surface area contributed by atoms with E-state index in [2.05, 4.69) is 27.5 Å². The van der Waals surface area contributed by atoms with Crippen molar-refractivity contribution in [1.82, 2.24) is 14.5 Å². The maximum absolute atomic E-state index is 13.2. The number of nitrogens with zero attached hydrogens (tertiary/aromatic N) is 3. The van der Waals surface area contributed by atoms with Gasteiger partial charge in [0, 0.05) is 12.7 Å². The number of alkyl halides is 1. The third-order valence-corrected chi connectivity index (χ3v) is 11.0. The highest BCUT2D eigenvalue weighted by Gasteiger charge is 2.52. The number of aromatic nitrogens is 3. The highest BCUT2D eigenvalue weighted by molar-refractivity contribution is 14.1. The maximum Gasteiger partial charge on any atom is 0.386 e. The third-order valence-electron chi connectivity index (χ3n) is 6.78. The number of rotatable bonds is 1. The quantitative estimate of drug-likeness (QED) is 0.124. The van der Waals surface area contributed by atoms with Crippen molar-refractivity contribution < 1.29 is 47.2 Å². The van der Waals surface area contributed by atoms with Gasteiger partial charge in [-0.15, -0.1) is 0 Å². The molecule has 4 N–H and O–H groups in total. The van der Waals surface area contributed by atoms with Crippen LogP contribution < -0.4 is 5.32 Å². The fourth-order valence-electron chi connectivity index (χ4n) is 5.02. The van der Waals surface area contributed by atoms with Crippen LogP contribution in [0.15, 0.2) is 12.5 Å². The van der Waals surface area contributed by atoms with Crippen LogP contribution in [0.4, 0.5) is 5.82 Å². The first-order valence-electron chi connectivity index (χ1n) is 11.7. The molecule has 2 aromatic heterocycles. The van der Waals surface area contributed by atoms with Crippen molar-refractivity contribution in [1.29, 1.82) is 0 Å². The third kappa shape index (κ3) is 5.33. The van der Waals surface area contributed by atoms with Crippen LogP contribution in [0.5, 0.6) is 0 Å². The molecule has 4 aliphatic rings. The summed E-state index contributed by atoms with van der Waals surface area (Å²) in [6.07, 6.45) is -3.02. The van der Waals surface area contributed by atoms with Gasteiger partial charge in [0.25, 0.3) is 0 Å². The topological polar surface area (TPSA) is 176 Å². The maximum atomic E-state index is 13.2. The number of hydrogen-bond acceptors (Lipinski definition) is 13. The zero-order chi connectivity index (χ0) is 26.8. The minimum atomic E-state index is -4.10. The molecular weight excluding hydrogens is 697 g/mol. The number of fused-ring (bicyclic) bond motifs is 3. The molecule has 2 aromatic rings. The lowest BCUT2D eigenvalue weighted by Gasteiger charge is -2.26. The summed E-state index contributed by atoms with van der Waals surface area (Å²) in [5, 5.41) is 26.0. The first-order valence-corrected chi connectivity index (χ1v) is 18.3. The van der Waals surface area contributed by atoms with E-state index in [-0.39, 0.29) is 13.2 Å². The van der Waals surface area contributed by atoms with Crippen molar-refractivity contribution in [3.05, 3.63) is 18.1 Å². The van der Waals surface area contributed by atoms with E-state index >= 15 is 0 Å². The van der Waals surface area contributed by atoms with Gasteiger partial charge in [0.1, 0.15) is 58.5 Å². The molecule has 3 fully saturated rings. The van der Waals surface area contributed by atoms with E-state index in [1.165, 1.54) is 6.33 Å². The number of halogens is 1. The minimum absolute atomic E-state index is 0.355. The highest BCUT2D eigenvalue weighted by atomic mass is 127. The summed E-state index contributed by atoms with van der Waals surface area (Å²) in [6.45, 7) is -7.97. The van der Waals surface area contributed by atoms with Gasteiger partial charge in [-0.1, -0.05) is 12.2 Å². The van der Waals surface area contributed by atoms with Crippen LogP contribution in [-0.2, 0) is 50.4 Å². The van der Waals surface area contributed by atoms with Crippen LogP contribution in [-0.4, -0.2) is 90.1 Å². The van der Waals surface area contributed by atoms with Crippen LogP contribution in [0.25, 0.3) is 11.0 Å². The van der Waals surface area contributed by atoms with Crippen LogP contribution in [0, 0.1) is 0 Å². The highest BCUT2D eigenvalue weighted by Crippen LogP contribution is 2.58. The zero-order valence-corrected chi connectivity index (χ0v) is 25.1. The molecule has 0 aliphatic carbocycles. The second-order valence-electron chi connectivity index (χ2n) is 9.25. The Hall–Kier alpha value is 0.0200. The van der Waals surface area contributed by atoms with Crippen molar-refractivity contribution in [3.63, 3.8) is 0 Å². The van der Waals surface area contributed by atoms with Crippen molar-refractivity contribution in [2.75, 3.05) is 25.1 Å². The summed E-state index contributed by atoms with van der Waals surface area (Å²) in [6, 6.07) is 0. The van der Waals surface area contributed by atoms with Crippen LogP contribution in [0.1, 0.15) is 18.2 Å². The average Bonchev–Trinajstić information content (AvgIpc) is 3.39. The second kappa shape index (κ2) is 10.7. The number of thiol groups is 1. The number of hydrogen-bond donors (Lipinski definition) is 5. The Morgan fingerprint density at radius 2 is 1.92 bits per heavy atom. The van der Waals surface area contributed by atoms with E-state index in [9.17, 15) is 19.7 Å². The van der Waals surface area contributed by atoms with E-state index in [0.717, 1.165) is 30.3 Å². The summed E-state index contributed by atoms with van der Waals surface area (Å²) in [4.78, 5) is 19.5. The predicted molar refractivity (Wildman–Crippen MR) is 148 cm³/mol. The molecule has 10 atom stereocenters. The molecule has 4 aliphatic heterocycles. The molecule has 0 aromatic carbocycles. The summed E-state index contributed by atoms with van der Waals surface area (Å²) in [7, 11) is 0. The Labute approximate surface area is 240 Å². The Balaban J connectivity index is 1.33. The molecule has 0 radical (unpaired) electrons. The first-order chi connectivity index (χ1) is 18.0. The molecule has 3 saturated heterocycles. The molecule has 0 spiro atoms. The van der Waals surface area contributed by atoms with Crippen LogP contribution in [0.3, 0.4) is 0 Å². The summed E-state index contributed by atoms with van der Waals surface area (Å²) < 4.78 is 48.1. The van der Waals surface area contributed by atoms with Gasteiger partial charge in [-0.05, 0) is 52.8 Å². The Morgan fingerprint density at radius 3 is 2.74 bits per heavy atom. The minimum Gasteiger partial charge on any atom is -0.387 e. The molecule has 2 bridgehead atoms. The molecule has 3 unspecified atom stereocenters. The molecule has 0 saturated carbocycles. The van der Waals surface area contributed by atoms with Crippen molar-refractivity contribution in [2.45, 2.75) is 59.8 Å². The number of anilines is 1. The number of aliphatic hydroxyl groups is 2. The van der Waals surface area contributed by atoms with Gasteiger partial charge in [-0.2, -0.15) is 0 Å². The fraction of sp³-hybridized carbons (Fsp3) is 0.684. The Bertz CT molecular complexity index is 1320. The number of aliphatic hydroxyl groups excluding tert-OH is 2. The lowest BCUT2D eigenvalue weighted by Crippen LogP contribution is -2.36. The molecule has 6 rings (SSSR count). The SMILES string of the molecule is O=P1(S)OCC2O[C@@H](I)[C@H](OP(O)(=S)OC[C@H]3O[C@@H](n4cc5c6c(ncnc64)NCCC5)[C@H](O)[C@@H]3O1)[C@@H]2O. The van der Waals surface area contributed by atoms with E-state index in [1.807, 2.05) is 28.8 Å². The molecule has 19 heteroatoms. The van der Waals surface area contributed by atoms with E-state index in [0.29, 0.717) is 11.5 Å². The lowest BCUT2D eigenvalue weighted by atomic mass is 10.1. The van der Waals surface area contributed by atoms with Crippen molar-refractivity contribution >= 4 is 77.0 Å². The smallest absolute Gasteiger partial charge is 0.386 e.